The summed E-state index contributed by atoms with van der Waals surface area (Å²) < 4.78 is 0. The highest BCUT2D eigenvalue weighted by molar-refractivity contribution is 5.14. The number of hydrogen-bond acceptors (Lipinski definition) is 0. The van der Waals surface area contributed by atoms with Crippen molar-refractivity contribution in [2.75, 3.05) is 0 Å². The van der Waals surface area contributed by atoms with Crippen LogP contribution in [0.4, 0.5) is 0 Å². The second kappa shape index (κ2) is 8.90. The number of rotatable bonds is 6. The summed E-state index contributed by atoms with van der Waals surface area (Å²) in [6.07, 6.45) is 17.8. The summed E-state index contributed by atoms with van der Waals surface area (Å²) >= 11 is 0. The van der Waals surface area contributed by atoms with E-state index in [2.05, 4.69) is 37.3 Å². The van der Waals surface area contributed by atoms with Crippen LogP contribution in [0, 0.1) is 23.7 Å². The lowest BCUT2D eigenvalue weighted by atomic mass is 9.68. The highest BCUT2D eigenvalue weighted by Crippen LogP contribution is 2.42. The standard InChI is InChI=1S/C23H36/c1-2-19-11-15-22(16-12-19)23-17-13-21(14-18-23)10-6-9-20-7-4-3-5-8-20/h3-5,7-8,19,21-23H,2,6,9-18H2,1H3/t19-,21-,22-,23-. The second-order valence-corrected chi connectivity index (χ2v) is 8.35. The van der Waals surface area contributed by atoms with Crippen LogP contribution < -0.4 is 0 Å². The predicted octanol–water partition coefficient (Wildman–Crippen LogP) is 7.03. The van der Waals surface area contributed by atoms with Gasteiger partial charge in [-0.3, -0.25) is 0 Å². The summed E-state index contributed by atoms with van der Waals surface area (Å²) in [5, 5.41) is 0. The van der Waals surface area contributed by atoms with Gasteiger partial charge >= 0.3 is 0 Å². The van der Waals surface area contributed by atoms with E-state index in [-0.39, 0.29) is 0 Å². The molecule has 0 unspecified atom stereocenters. The molecule has 128 valence electrons. The van der Waals surface area contributed by atoms with Gasteiger partial charge in [-0.05, 0) is 67.8 Å². The Balaban J connectivity index is 1.32. The minimum absolute atomic E-state index is 1.03. The van der Waals surface area contributed by atoms with Gasteiger partial charge in [0.2, 0.25) is 0 Å². The van der Waals surface area contributed by atoms with E-state index in [0.717, 1.165) is 23.7 Å². The topological polar surface area (TPSA) is 0 Å². The molecule has 1 aromatic rings. The van der Waals surface area contributed by atoms with Crippen molar-refractivity contribution in [3.05, 3.63) is 35.9 Å². The molecule has 0 aliphatic heterocycles. The zero-order chi connectivity index (χ0) is 15.9. The van der Waals surface area contributed by atoms with Gasteiger partial charge in [0.05, 0.1) is 0 Å². The fourth-order valence-corrected chi connectivity index (χ4v) is 5.26. The van der Waals surface area contributed by atoms with E-state index in [9.17, 15) is 0 Å². The largest absolute Gasteiger partial charge is 0.0651 e. The van der Waals surface area contributed by atoms with Gasteiger partial charge in [0.25, 0.3) is 0 Å². The third-order valence-electron chi connectivity index (χ3n) is 6.95. The Bertz CT molecular complexity index is 419. The molecular formula is C23H36. The van der Waals surface area contributed by atoms with Crippen molar-refractivity contribution in [3.8, 4) is 0 Å². The van der Waals surface area contributed by atoms with Crippen molar-refractivity contribution in [2.24, 2.45) is 23.7 Å². The Morgan fingerprint density at radius 3 is 1.87 bits per heavy atom. The summed E-state index contributed by atoms with van der Waals surface area (Å²) in [5.41, 5.74) is 1.52. The van der Waals surface area contributed by atoms with Gasteiger partial charge in [0.1, 0.15) is 0 Å². The molecule has 2 saturated carbocycles. The molecule has 0 nitrogen and oxygen atoms in total. The first-order valence-electron chi connectivity index (χ1n) is 10.4. The van der Waals surface area contributed by atoms with Crippen molar-refractivity contribution < 1.29 is 0 Å². The van der Waals surface area contributed by atoms with Crippen LogP contribution in [0.15, 0.2) is 30.3 Å². The van der Waals surface area contributed by atoms with Crippen LogP contribution >= 0.6 is 0 Å². The van der Waals surface area contributed by atoms with E-state index >= 15 is 0 Å². The molecular weight excluding hydrogens is 276 g/mol. The van der Waals surface area contributed by atoms with E-state index in [4.69, 9.17) is 0 Å². The van der Waals surface area contributed by atoms with E-state index in [1.54, 1.807) is 12.8 Å². The van der Waals surface area contributed by atoms with Crippen molar-refractivity contribution in [3.63, 3.8) is 0 Å². The molecule has 3 rings (SSSR count). The molecule has 0 heterocycles. The van der Waals surface area contributed by atoms with Crippen molar-refractivity contribution >= 4 is 0 Å². The fraction of sp³-hybridized carbons (Fsp3) is 0.739. The number of benzene rings is 1. The maximum Gasteiger partial charge on any atom is -0.0279 e. The van der Waals surface area contributed by atoms with Crippen LogP contribution in [-0.4, -0.2) is 0 Å². The molecule has 0 bridgehead atoms. The third kappa shape index (κ3) is 5.10. The van der Waals surface area contributed by atoms with Gasteiger partial charge < -0.3 is 0 Å². The highest BCUT2D eigenvalue weighted by atomic mass is 14.4. The Morgan fingerprint density at radius 1 is 0.739 bits per heavy atom. The quantitative estimate of drug-likeness (QED) is 0.529. The smallest absolute Gasteiger partial charge is 0.0279 e. The molecule has 0 spiro atoms. The SMILES string of the molecule is CC[C@H]1CC[C@H]([C@H]2CC[C@H](CCCc3ccccc3)CC2)CC1. The van der Waals surface area contributed by atoms with Gasteiger partial charge in [0, 0.05) is 0 Å². The van der Waals surface area contributed by atoms with E-state index in [1.807, 2.05) is 0 Å². The lowest BCUT2D eigenvalue weighted by molar-refractivity contribution is 0.142. The summed E-state index contributed by atoms with van der Waals surface area (Å²) in [6.45, 7) is 2.38. The molecule has 0 aromatic heterocycles. The van der Waals surface area contributed by atoms with Crippen molar-refractivity contribution in [1.29, 1.82) is 0 Å². The van der Waals surface area contributed by atoms with E-state index in [0.29, 0.717) is 0 Å². The summed E-state index contributed by atoms with van der Waals surface area (Å²) in [4.78, 5) is 0. The Morgan fingerprint density at radius 2 is 1.30 bits per heavy atom. The van der Waals surface area contributed by atoms with E-state index < -0.39 is 0 Å². The Kier molecular flexibility index (Phi) is 6.60. The molecule has 2 aliphatic rings. The predicted molar refractivity (Wildman–Crippen MR) is 101 cm³/mol. The van der Waals surface area contributed by atoms with Gasteiger partial charge in [-0.2, -0.15) is 0 Å². The van der Waals surface area contributed by atoms with Crippen molar-refractivity contribution in [1.82, 2.24) is 0 Å². The molecule has 0 N–H and O–H groups in total. The molecule has 2 aliphatic carbocycles. The molecule has 0 saturated heterocycles. The average molecular weight is 313 g/mol. The summed E-state index contributed by atoms with van der Waals surface area (Å²) in [7, 11) is 0. The zero-order valence-electron chi connectivity index (χ0n) is 15.2. The molecule has 23 heavy (non-hydrogen) atoms. The Labute approximate surface area is 144 Å². The first-order chi connectivity index (χ1) is 11.3. The zero-order valence-corrected chi connectivity index (χ0v) is 15.2. The van der Waals surface area contributed by atoms with Crippen LogP contribution in [0.2, 0.25) is 0 Å². The highest BCUT2D eigenvalue weighted by Gasteiger charge is 2.30. The lowest BCUT2D eigenvalue weighted by Gasteiger charge is -2.37. The molecule has 0 amide bonds. The maximum absolute atomic E-state index is 2.38. The molecule has 0 atom stereocenters. The first kappa shape index (κ1) is 17.1. The second-order valence-electron chi connectivity index (χ2n) is 8.35. The van der Waals surface area contributed by atoms with Crippen LogP contribution in [0.25, 0.3) is 0 Å². The van der Waals surface area contributed by atoms with Crippen LogP contribution in [0.1, 0.15) is 83.1 Å². The molecule has 1 aromatic carbocycles. The lowest BCUT2D eigenvalue weighted by Crippen LogP contribution is -2.25. The molecule has 0 heteroatoms. The van der Waals surface area contributed by atoms with E-state index in [1.165, 1.54) is 69.8 Å². The average Bonchev–Trinajstić information content (AvgIpc) is 2.63. The summed E-state index contributed by atoms with van der Waals surface area (Å²) in [6, 6.07) is 11.0. The summed E-state index contributed by atoms with van der Waals surface area (Å²) in [5.74, 6) is 4.25. The van der Waals surface area contributed by atoms with Crippen LogP contribution in [-0.2, 0) is 6.42 Å². The van der Waals surface area contributed by atoms with Gasteiger partial charge in [0.15, 0.2) is 0 Å². The van der Waals surface area contributed by atoms with Crippen molar-refractivity contribution in [2.45, 2.75) is 84.0 Å². The normalized spacial score (nSPS) is 31.9. The number of hydrogen-bond donors (Lipinski definition) is 0. The van der Waals surface area contributed by atoms with Gasteiger partial charge in [-0.25, -0.2) is 0 Å². The number of aryl methyl sites for hydroxylation is 1. The molecule has 2 fully saturated rings. The van der Waals surface area contributed by atoms with Gasteiger partial charge in [-0.1, -0.05) is 75.8 Å². The molecule has 0 radical (unpaired) electrons. The minimum Gasteiger partial charge on any atom is -0.0651 e. The monoisotopic (exact) mass is 312 g/mol. The third-order valence-corrected chi connectivity index (χ3v) is 6.95. The minimum atomic E-state index is 1.03. The first-order valence-corrected chi connectivity index (χ1v) is 10.4. The van der Waals surface area contributed by atoms with Gasteiger partial charge in [-0.15, -0.1) is 0 Å². The fourth-order valence-electron chi connectivity index (χ4n) is 5.26. The van der Waals surface area contributed by atoms with Crippen LogP contribution in [0.3, 0.4) is 0 Å². The Hall–Kier alpha value is -0.780. The maximum atomic E-state index is 2.38. The van der Waals surface area contributed by atoms with Crippen LogP contribution in [0.5, 0.6) is 0 Å².